The van der Waals surface area contributed by atoms with E-state index in [1.807, 2.05) is 13.8 Å². The van der Waals surface area contributed by atoms with Crippen molar-refractivity contribution in [3.05, 3.63) is 41.0 Å². The van der Waals surface area contributed by atoms with Gasteiger partial charge in [-0.1, -0.05) is 71.9 Å². The number of ketones is 1. The van der Waals surface area contributed by atoms with Gasteiger partial charge in [0.15, 0.2) is 0 Å². The lowest BCUT2D eigenvalue weighted by Gasteiger charge is -2.14. The highest BCUT2D eigenvalue weighted by Gasteiger charge is 2.11. The SMILES string of the molecule is C/C=C\c1cc(CC)ccc1C.CC.CC(=O)CC(C)(C)C. The fraction of sp³-hybridized carbons (Fsp3) is 0.571. The number of rotatable bonds is 3. The van der Waals surface area contributed by atoms with Gasteiger partial charge in [-0.25, -0.2) is 0 Å². The molecule has 1 aromatic carbocycles. The van der Waals surface area contributed by atoms with E-state index in [2.05, 4.69) is 71.9 Å². The van der Waals surface area contributed by atoms with Crippen LogP contribution in [0.25, 0.3) is 6.08 Å². The Hall–Kier alpha value is -1.37. The number of Topliss-reactive ketones (excluding diaryl/α,β-unsaturated/α-hetero) is 1. The van der Waals surface area contributed by atoms with Crippen LogP contribution in [0.4, 0.5) is 0 Å². The number of aryl methyl sites for hydroxylation is 2. The van der Waals surface area contributed by atoms with Crippen LogP contribution in [0, 0.1) is 12.3 Å². The van der Waals surface area contributed by atoms with Gasteiger partial charge in [-0.05, 0) is 49.3 Å². The van der Waals surface area contributed by atoms with E-state index in [0.717, 1.165) is 6.42 Å². The second-order valence-corrected chi connectivity index (χ2v) is 6.48. The van der Waals surface area contributed by atoms with Crippen LogP contribution >= 0.6 is 0 Å². The molecule has 0 N–H and O–H groups in total. The number of hydrogen-bond donors (Lipinski definition) is 0. The molecule has 0 heterocycles. The summed E-state index contributed by atoms with van der Waals surface area (Å²) in [6.07, 6.45) is 6.05. The number of hydrogen-bond acceptors (Lipinski definition) is 1. The molecule has 0 aromatic heterocycles. The van der Waals surface area contributed by atoms with Crippen molar-refractivity contribution in [2.75, 3.05) is 0 Å². The fourth-order valence-electron chi connectivity index (χ4n) is 2.02. The third kappa shape index (κ3) is 12.4. The zero-order chi connectivity index (χ0) is 17.8. The normalized spacial score (nSPS) is 10.4. The topological polar surface area (TPSA) is 17.1 Å². The highest BCUT2D eigenvalue weighted by molar-refractivity contribution is 5.76. The maximum absolute atomic E-state index is 10.5. The van der Waals surface area contributed by atoms with Gasteiger partial charge in [-0.15, -0.1) is 0 Å². The minimum atomic E-state index is 0.172. The summed E-state index contributed by atoms with van der Waals surface area (Å²) in [5, 5.41) is 0. The summed E-state index contributed by atoms with van der Waals surface area (Å²) in [5.41, 5.74) is 4.28. The summed E-state index contributed by atoms with van der Waals surface area (Å²) >= 11 is 0. The molecule has 126 valence electrons. The minimum Gasteiger partial charge on any atom is -0.300 e. The van der Waals surface area contributed by atoms with Gasteiger partial charge in [0, 0.05) is 6.42 Å². The average Bonchev–Trinajstić information content (AvgIpc) is 2.42. The van der Waals surface area contributed by atoms with Gasteiger partial charge in [0.25, 0.3) is 0 Å². The van der Waals surface area contributed by atoms with E-state index < -0.39 is 0 Å². The van der Waals surface area contributed by atoms with Gasteiger partial charge in [0.2, 0.25) is 0 Å². The van der Waals surface area contributed by atoms with E-state index in [4.69, 9.17) is 0 Å². The molecule has 0 saturated heterocycles. The van der Waals surface area contributed by atoms with Crippen molar-refractivity contribution < 1.29 is 4.79 Å². The first-order chi connectivity index (χ1) is 10.2. The monoisotopic (exact) mass is 304 g/mol. The lowest BCUT2D eigenvalue weighted by atomic mass is 9.91. The molecular formula is C21H36O. The van der Waals surface area contributed by atoms with Crippen molar-refractivity contribution in [2.24, 2.45) is 5.41 Å². The number of carbonyl (C=O) groups excluding carboxylic acids is 1. The Morgan fingerprint density at radius 2 is 1.73 bits per heavy atom. The van der Waals surface area contributed by atoms with Gasteiger partial charge in [-0.2, -0.15) is 0 Å². The second-order valence-electron chi connectivity index (χ2n) is 6.48. The molecule has 1 heteroatoms. The smallest absolute Gasteiger partial charge is 0.130 e. The largest absolute Gasteiger partial charge is 0.300 e. The summed E-state index contributed by atoms with van der Waals surface area (Å²) in [5.74, 6) is 0.275. The van der Waals surface area contributed by atoms with E-state index >= 15 is 0 Å². The number of benzene rings is 1. The molecule has 1 aromatic rings. The lowest BCUT2D eigenvalue weighted by molar-refractivity contribution is -0.118. The summed E-state index contributed by atoms with van der Waals surface area (Å²) in [7, 11) is 0. The first-order valence-electron chi connectivity index (χ1n) is 8.41. The molecule has 0 bridgehead atoms. The lowest BCUT2D eigenvalue weighted by Crippen LogP contribution is -2.09. The predicted molar refractivity (Wildman–Crippen MR) is 101 cm³/mol. The van der Waals surface area contributed by atoms with Crippen LogP contribution < -0.4 is 0 Å². The second kappa shape index (κ2) is 12.2. The van der Waals surface area contributed by atoms with Gasteiger partial charge < -0.3 is 4.79 Å². The fourth-order valence-corrected chi connectivity index (χ4v) is 2.02. The van der Waals surface area contributed by atoms with E-state index in [1.54, 1.807) is 6.92 Å². The van der Waals surface area contributed by atoms with Crippen molar-refractivity contribution in [1.29, 1.82) is 0 Å². The Kier molecular flexibility index (Phi) is 12.7. The zero-order valence-corrected chi connectivity index (χ0v) is 16.2. The molecule has 0 aliphatic rings. The van der Waals surface area contributed by atoms with Gasteiger partial charge in [0.05, 0.1) is 0 Å². The molecule has 22 heavy (non-hydrogen) atoms. The molecular weight excluding hydrogens is 268 g/mol. The third-order valence-electron chi connectivity index (χ3n) is 2.88. The van der Waals surface area contributed by atoms with Crippen LogP contribution in [-0.2, 0) is 11.2 Å². The Labute approximate surface area is 138 Å². The first-order valence-corrected chi connectivity index (χ1v) is 8.41. The molecule has 0 radical (unpaired) electrons. The molecule has 0 saturated carbocycles. The first kappa shape index (κ1) is 22.9. The van der Waals surface area contributed by atoms with Crippen LogP contribution in [0.3, 0.4) is 0 Å². The van der Waals surface area contributed by atoms with E-state index in [1.165, 1.54) is 16.7 Å². The molecule has 0 spiro atoms. The summed E-state index contributed by atoms with van der Waals surface area (Å²) in [4.78, 5) is 10.5. The van der Waals surface area contributed by atoms with Crippen molar-refractivity contribution in [2.45, 2.75) is 75.2 Å². The minimum absolute atomic E-state index is 0.172. The average molecular weight is 305 g/mol. The Balaban J connectivity index is 0. The van der Waals surface area contributed by atoms with Crippen LogP contribution in [0.1, 0.15) is 78.5 Å². The molecule has 0 atom stereocenters. The maximum Gasteiger partial charge on any atom is 0.130 e. The van der Waals surface area contributed by atoms with E-state index in [9.17, 15) is 4.79 Å². The Morgan fingerprint density at radius 3 is 2.05 bits per heavy atom. The highest BCUT2D eigenvalue weighted by atomic mass is 16.1. The highest BCUT2D eigenvalue weighted by Crippen LogP contribution is 2.17. The Bertz CT molecular complexity index is 447. The van der Waals surface area contributed by atoms with E-state index in [-0.39, 0.29) is 11.2 Å². The van der Waals surface area contributed by atoms with Crippen molar-refractivity contribution in [3.8, 4) is 0 Å². The molecule has 1 rings (SSSR count). The molecule has 1 nitrogen and oxygen atoms in total. The molecule has 0 fully saturated rings. The van der Waals surface area contributed by atoms with Gasteiger partial charge in [0.1, 0.15) is 5.78 Å². The molecule has 0 amide bonds. The molecule has 0 unspecified atom stereocenters. The summed E-state index contributed by atoms with van der Waals surface area (Å²) in [6.45, 7) is 18.2. The van der Waals surface area contributed by atoms with Gasteiger partial charge in [-0.3, -0.25) is 0 Å². The number of carbonyl (C=O) groups is 1. The van der Waals surface area contributed by atoms with Crippen LogP contribution in [0.5, 0.6) is 0 Å². The van der Waals surface area contributed by atoms with Crippen LogP contribution in [0.15, 0.2) is 24.3 Å². The number of allylic oxidation sites excluding steroid dienone is 1. The predicted octanol–water partition coefficient (Wildman–Crippen LogP) is 6.63. The van der Waals surface area contributed by atoms with E-state index in [0.29, 0.717) is 6.42 Å². The third-order valence-corrected chi connectivity index (χ3v) is 2.88. The maximum atomic E-state index is 10.5. The zero-order valence-electron chi connectivity index (χ0n) is 16.2. The molecule has 0 aliphatic carbocycles. The van der Waals surface area contributed by atoms with Crippen molar-refractivity contribution in [3.63, 3.8) is 0 Å². The standard InChI is InChI=1S/C12H16.C7H14O.C2H6/c1-4-6-12-9-11(5-2)8-7-10(12)3;1-6(8)5-7(2,3)4;1-2/h4,6-9H,5H2,1-3H3;5H2,1-4H3;1-2H3/b6-4-;;. The summed E-state index contributed by atoms with van der Waals surface area (Å²) in [6, 6.07) is 6.64. The van der Waals surface area contributed by atoms with Crippen LogP contribution in [-0.4, -0.2) is 5.78 Å². The van der Waals surface area contributed by atoms with Crippen molar-refractivity contribution in [1.82, 2.24) is 0 Å². The molecule has 0 aliphatic heterocycles. The summed E-state index contributed by atoms with van der Waals surface area (Å²) < 4.78 is 0. The van der Waals surface area contributed by atoms with Crippen molar-refractivity contribution >= 4 is 11.9 Å². The Morgan fingerprint density at radius 1 is 1.18 bits per heavy atom. The quantitative estimate of drug-likeness (QED) is 0.612. The van der Waals surface area contributed by atoms with Gasteiger partial charge >= 0.3 is 0 Å². The van der Waals surface area contributed by atoms with Crippen LogP contribution in [0.2, 0.25) is 0 Å².